The summed E-state index contributed by atoms with van der Waals surface area (Å²) in [6.45, 7) is 6.79. The largest absolute Gasteiger partial charge is 0.325 e. The quantitative estimate of drug-likeness (QED) is 0.610. The Balaban J connectivity index is 2.04. The number of nitrogens with zero attached hydrogens (tertiary/aromatic N) is 3. The van der Waals surface area contributed by atoms with E-state index in [0.717, 1.165) is 39.1 Å². The van der Waals surface area contributed by atoms with Crippen molar-refractivity contribution in [2.24, 2.45) is 0 Å². The highest BCUT2D eigenvalue weighted by molar-refractivity contribution is 5.75. The van der Waals surface area contributed by atoms with Crippen LogP contribution >= 0.6 is 0 Å². The van der Waals surface area contributed by atoms with Gasteiger partial charge >= 0.3 is 6.03 Å². The number of piperazine rings is 1. The van der Waals surface area contributed by atoms with E-state index in [1.54, 1.807) is 0 Å². The molecule has 0 aromatic heterocycles. The molecule has 0 aromatic carbocycles. The monoisotopic (exact) mass is 197 g/mol. The Morgan fingerprint density at radius 1 is 1.36 bits per heavy atom. The molecule has 0 aliphatic carbocycles. The third-order valence-corrected chi connectivity index (χ3v) is 3.32. The highest BCUT2D eigenvalue weighted by atomic mass is 16.2. The van der Waals surface area contributed by atoms with E-state index in [9.17, 15) is 4.79 Å². The van der Waals surface area contributed by atoms with Crippen LogP contribution in [0.5, 0.6) is 0 Å². The minimum atomic E-state index is 0.247. The van der Waals surface area contributed by atoms with E-state index >= 15 is 0 Å². The summed E-state index contributed by atoms with van der Waals surface area (Å²) in [5.74, 6) is 0. The van der Waals surface area contributed by atoms with Gasteiger partial charge in [0.1, 0.15) is 0 Å². The molecule has 14 heavy (non-hydrogen) atoms. The van der Waals surface area contributed by atoms with Crippen molar-refractivity contribution >= 4 is 6.03 Å². The van der Waals surface area contributed by atoms with Crippen molar-refractivity contribution < 1.29 is 4.79 Å². The van der Waals surface area contributed by atoms with Crippen molar-refractivity contribution in [2.75, 3.05) is 39.8 Å². The number of carbonyl (C=O) groups excluding carboxylic acids is 1. The topological polar surface area (TPSA) is 26.8 Å². The van der Waals surface area contributed by atoms with E-state index in [1.807, 2.05) is 16.7 Å². The molecule has 0 aromatic rings. The van der Waals surface area contributed by atoms with Crippen LogP contribution in [0, 0.1) is 0 Å². The van der Waals surface area contributed by atoms with Gasteiger partial charge in [-0.25, -0.2) is 4.79 Å². The third-order valence-electron chi connectivity index (χ3n) is 3.32. The fourth-order valence-corrected chi connectivity index (χ4v) is 2.39. The lowest BCUT2D eigenvalue weighted by molar-refractivity contribution is 0.0545. The molecule has 4 heteroatoms. The van der Waals surface area contributed by atoms with E-state index < -0.39 is 0 Å². The van der Waals surface area contributed by atoms with Gasteiger partial charge in [-0.1, -0.05) is 0 Å². The van der Waals surface area contributed by atoms with Crippen molar-refractivity contribution in [3.8, 4) is 0 Å². The van der Waals surface area contributed by atoms with Crippen molar-refractivity contribution in [2.45, 2.75) is 19.4 Å². The van der Waals surface area contributed by atoms with Crippen LogP contribution in [0.2, 0.25) is 0 Å². The number of carbonyl (C=O) groups is 1. The summed E-state index contributed by atoms with van der Waals surface area (Å²) in [5.41, 5.74) is 0. The molecule has 2 amide bonds. The van der Waals surface area contributed by atoms with Crippen LogP contribution in [-0.4, -0.2) is 66.5 Å². The van der Waals surface area contributed by atoms with Gasteiger partial charge in [-0.05, 0) is 20.4 Å². The highest BCUT2D eigenvalue weighted by Crippen LogP contribution is 2.19. The van der Waals surface area contributed by atoms with Crippen LogP contribution in [0.25, 0.3) is 0 Å². The fraction of sp³-hybridized carbons (Fsp3) is 0.900. The Kier molecular flexibility index (Phi) is 2.63. The lowest BCUT2D eigenvalue weighted by Gasteiger charge is -2.46. The number of likely N-dealkylation sites (N-methyl/N-ethyl adjacent to an activating group) is 1. The van der Waals surface area contributed by atoms with Gasteiger partial charge < -0.3 is 14.7 Å². The number of hydrogen-bond donors (Lipinski definition) is 0. The Morgan fingerprint density at radius 2 is 2.14 bits per heavy atom. The molecular weight excluding hydrogens is 178 g/mol. The van der Waals surface area contributed by atoms with Crippen LogP contribution in [0.15, 0.2) is 0 Å². The first-order chi connectivity index (χ1) is 6.72. The molecule has 2 aliphatic heterocycles. The van der Waals surface area contributed by atoms with Crippen LogP contribution in [0.3, 0.4) is 0 Å². The number of amides is 2. The fourth-order valence-electron chi connectivity index (χ4n) is 2.39. The molecule has 0 bridgehead atoms. The van der Waals surface area contributed by atoms with Crippen LogP contribution < -0.4 is 0 Å². The molecule has 0 radical (unpaired) electrons. The SMILES string of the molecule is CCN1CC[C@H]2CN(C)CCN2C1=O. The third kappa shape index (κ3) is 1.59. The Labute approximate surface area is 85.5 Å². The number of urea groups is 1. The molecule has 2 aliphatic rings. The van der Waals surface area contributed by atoms with E-state index in [0.29, 0.717) is 6.04 Å². The zero-order valence-corrected chi connectivity index (χ0v) is 9.07. The van der Waals surface area contributed by atoms with Crippen molar-refractivity contribution in [1.29, 1.82) is 0 Å². The van der Waals surface area contributed by atoms with E-state index in [2.05, 4.69) is 11.9 Å². The minimum absolute atomic E-state index is 0.247. The second kappa shape index (κ2) is 3.77. The normalized spacial score (nSPS) is 29.3. The molecule has 0 saturated carbocycles. The predicted octanol–water partition coefficient (Wildman–Crippen LogP) is 0.448. The number of fused-ring (bicyclic) bond motifs is 1. The maximum absolute atomic E-state index is 11.9. The Morgan fingerprint density at radius 3 is 2.86 bits per heavy atom. The molecule has 80 valence electrons. The first kappa shape index (κ1) is 9.77. The zero-order chi connectivity index (χ0) is 10.1. The lowest BCUT2D eigenvalue weighted by atomic mass is 10.1. The number of hydrogen-bond acceptors (Lipinski definition) is 2. The van der Waals surface area contributed by atoms with Gasteiger partial charge in [0.25, 0.3) is 0 Å². The van der Waals surface area contributed by atoms with Gasteiger partial charge in [0.2, 0.25) is 0 Å². The Hall–Kier alpha value is -0.770. The lowest BCUT2D eigenvalue weighted by Crippen LogP contribution is -2.61. The Bertz CT molecular complexity index is 231. The summed E-state index contributed by atoms with van der Waals surface area (Å²) in [6, 6.07) is 0.709. The summed E-state index contributed by atoms with van der Waals surface area (Å²) >= 11 is 0. The van der Waals surface area contributed by atoms with Crippen molar-refractivity contribution in [3.63, 3.8) is 0 Å². The first-order valence-electron chi connectivity index (χ1n) is 5.46. The highest BCUT2D eigenvalue weighted by Gasteiger charge is 2.35. The van der Waals surface area contributed by atoms with Crippen LogP contribution in [0.1, 0.15) is 13.3 Å². The summed E-state index contributed by atoms with van der Waals surface area (Å²) in [7, 11) is 2.13. The van der Waals surface area contributed by atoms with Gasteiger partial charge in [0.05, 0.1) is 0 Å². The molecule has 4 nitrogen and oxygen atoms in total. The first-order valence-corrected chi connectivity index (χ1v) is 5.46. The molecule has 2 heterocycles. The smallest absolute Gasteiger partial charge is 0.320 e. The second-order valence-electron chi connectivity index (χ2n) is 4.26. The van der Waals surface area contributed by atoms with Gasteiger partial charge in [-0.3, -0.25) is 0 Å². The maximum atomic E-state index is 11.9. The molecule has 2 saturated heterocycles. The summed E-state index contributed by atoms with van der Waals surface area (Å²) in [4.78, 5) is 18.2. The standard InChI is InChI=1S/C10H19N3O/c1-3-12-5-4-9-8-11(2)6-7-13(9)10(12)14/h9H,3-8H2,1-2H3/t9-/m0/s1. The average molecular weight is 197 g/mol. The minimum Gasteiger partial charge on any atom is -0.325 e. The van der Waals surface area contributed by atoms with E-state index in [1.165, 1.54) is 0 Å². The van der Waals surface area contributed by atoms with E-state index in [4.69, 9.17) is 0 Å². The van der Waals surface area contributed by atoms with Crippen LogP contribution in [-0.2, 0) is 0 Å². The molecule has 1 atom stereocenters. The zero-order valence-electron chi connectivity index (χ0n) is 9.07. The van der Waals surface area contributed by atoms with Gasteiger partial charge in [-0.15, -0.1) is 0 Å². The molecular formula is C10H19N3O. The van der Waals surface area contributed by atoms with E-state index in [-0.39, 0.29) is 6.03 Å². The van der Waals surface area contributed by atoms with Gasteiger partial charge in [0, 0.05) is 38.8 Å². The van der Waals surface area contributed by atoms with Crippen LogP contribution in [0.4, 0.5) is 4.79 Å². The maximum Gasteiger partial charge on any atom is 0.320 e. The number of rotatable bonds is 1. The molecule has 2 rings (SSSR count). The molecule has 2 fully saturated rings. The van der Waals surface area contributed by atoms with Gasteiger partial charge in [0.15, 0.2) is 0 Å². The van der Waals surface area contributed by atoms with Crippen molar-refractivity contribution in [3.05, 3.63) is 0 Å². The molecule has 0 N–H and O–H groups in total. The van der Waals surface area contributed by atoms with Crippen molar-refractivity contribution in [1.82, 2.24) is 14.7 Å². The summed E-state index contributed by atoms with van der Waals surface area (Å²) < 4.78 is 0. The molecule has 0 unspecified atom stereocenters. The van der Waals surface area contributed by atoms with Gasteiger partial charge in [-0.2, -0.15) is 0 Å². The summed E-state index contributed by atoms with van der Waals surface area (Å²) in [5, 5.41) is 0. The second-order valence-corrected chi connectivity index (χ2v) is 4.26. The predicted molar refractivity (Wildman–Crippen MR) is 55.3 cm³/mol. The summed E-state index contributed by atoms with van der Waals surface area (Å²) in [6.07, 6.45) is 1.13. The average Bonchev–Trinajstić information content (AvgIpc) is 2.18. The molecule has 0 spiro atoms.